The molecule has 0 aliphatic carbocycles. The van der Waals surface area contributed by atoms with E-state index in [0.29, 0.717) is 0 Å². The van der Waals surface area contributed by atoms with Crippen molar-refractivity contribution in [1.82, 2.24) is 0 Å². The second-order valence-corrected chi connectivity index (χ2v) is 5.16. The van der Waals surface area contributed by atoms with Crippen molar-refractivity contribution >= 4 is 6.08 Å². The van der Waals surface area contributed by atoms with Gasteiger partial charge in [0.2, 0.25) is 0 Å². The molecule has 16 heavy (non-hydrogen) atoms. The van der Waals surface area contributed by atoms with Gasteiger partial charge in [-0.2, -0.15) is 0 Å². The molecule has 0 aliphatic rings. The molecule has 1 aromatic rings. The minimum Gasteiger partial charge on any atom is -0.386 e. The maximum absolute atomic E-state index is 9.71. The van der Waals surface area contributed by atoms with Crippen LogP contribution in [-0.2, 0) is 0 Å². The minimum atomic E-state index is -0.753. The lowest BCUT2D eigenvalue weighted by Gasteiger charge is -2.15. The second-order valence-electron chi connectivity index (χ2n) is 5.16. The van der Waals surface area contributed by atoms with Crippen LogP contribution in [0.1, 0.15) is 41.7 Å². The summed E-state index contributed by atoms with van der Waals surface area (Å²) in [6, 6.07) is 2.21. The first-order valence-electron chi connectivity index (χ1n) is 5.71. The molecule has 0 spiro atoms. The Kier molecular flexibility index (Phi) is 3.59. The van der Waals surface area contributed by atoms with Crippen LogP contribution in [0.15, 0.2) is 12.1 Å². The molecule has 1 aromatic carbocycles. The van der Waals surface area contributed by atoms with Crippen LogP contribution in [0.5, 0.6) is 0 Å². The van der Waals surface area contributed by atoms with Crippen molar-refractivity contribution in [3.8, 4) is 0 Å². The number of aliphatic hydroxyl groups is 1. The molecule has 0 bridgehead atoms. The molecule has 0 heterocycles. The van der Waals surface area contributed by atoms with Crippen LogP contribution in [0.3, 0.4) is 0 Å². The molecule has 0 atom stereocenters. The van der Waals surface area contributed by atoms with E-state index in [0.717, 1.165) is 0 Å². The molecule has 88 valence electrons. The third-order valence-corrected chi connectivity index (χ3v) is 3.08. The summed E-state index contributed by atoms with van der Waals surface area (Å²) in [6.45, 7) is 12.1. The minimum absolute atomic E-state index is 0.753. The van der Waals surface area contributed by atoms with Crippen LogP contribution in [0.4, 0.5) is 0 Å². The van der Waals surface area contributed by atoms with Gasteiger partial charge in [0.1, 0.15) is 0 Å². The van der Waals surface area contributed by atoms with E-state index in [2.05, 4.69) is 33.8 Å². The molecule has 1 heteroatoms. The highest BCUT2D eigenvalue weighted by atomic mass is 16.3. The normalized spacial score (nSPS) is 12.4. The zero-order valence-corrected chi connectivity index (χ0v) is 11.2. The Morgan fingerprint density at radius 3 is 1.81 bits per heavy atom. The van der Waals surface area contributed by atoms with Crippen LogP contribution >= 0.6 is 0 Å². The van der Waals surface area contributed by atoms with E-state index in [1.165, 1.54) is 27.8 Å². The molecule has 0 saturated heterocycles. The average molecular weight is 218 g/mol. The largest absolute Gasteiger partial charge is 0.386 e. The zero-order valence-electron chi connectivity index (χ0n) is 11.2. The molecule has 0 unspecified atom stereocenters. The van der Waals surface area contributed by atoms with Gasteiger partial charge in [-0.1, -0.05) is 18.2 Å². The predicted octanol–water partition coefficient (Wildman–Crippen LogP) is 3.70. The number of aryl methyl sites for hydroxylation is 2. The van der Waals surface area contributed by atoms with Gasteiger partial charge in [0, 0.05) is 0 Å². The van der Waals surface area contributed by atoms with E-state index in [4.69, 9.17) is 0 Å². The molecule has 0 aromatic heterocycles. The van der Waals surface area contributed by atoms with Gasteiger partial charge in [0.25, 0.3) is 0 Å². The number of hydrogen-bond donors (Lipinski definition) is 1. The summed E-state index contributed by atoms with van der Waals surface area (Å²) < 4.78 is 0. The molecule has 1 N–H and O–H groups in total. The van der Waals surface area contributed by atoms with Crippen molar-refractivity contribution in [3.63, 3.8) is 0 Å². The number of benzene rings is 1. The summed E-state index contributed by atoms with van der Waals surface area (Å²) in [4.78, 5) is 0. The number of rotatable bonds is 2. The monoisotopic (exact) mass is 218 g/mol. The second kappa shape index (κ2) is 4.42. The Labute approximate surface area is 98.8 Å². The smallest absolute Gasteiger partial charge is 0.0774 e. The lowest BCUT2D eigenvalue weighted by molar-refractivity contribution is 0.134. The highest BCUT2D eigenvalue weighted by Gasteiger charge is 2.09. The third-order valence-electron chi connectivity index (χ3n) is 3.08. The van der Waals surface area contributed by atoms with Crippen molar-refractivity contribution in [2.75, 3.05) is 0 Å². The molecule has 1 nitrogen and oxygen atoms in total. The van der Waals surface area contributed by atoms with E-state index in [1.54, 1.807) is 13.8 Å². The van der Waals surface area contributed by atoms with E-state index in [-0.39, 0.29) is 0 Å². The van der Waals surface area contributed by atoms with Crippen LogP contribution in [0, 0.1) is 27.7 Å². The van der Waals surface area contributed by atoms with Crippen molar-refractivity contribution in [3.05, 3.63) is 40.0 Å². The van der Waals surface area contributed by atoms with Crippen LogP contribution in [0.2, 0.25) is 0 Å². The Morgan fingerprint density at radius 1 is 1.00 bits per heavy atom. The van der Waals surface area contributed by atoms with Gasteiger partial charge in [-0.3, -0.25) is 0 Å². The maximum Gasteiger partial charge on any atom is 0.0774 e. The van der Waals surface area contributed by atoms with Crippen molar-refractivity contribution < 1.29 is 5.11 Å². The van der Waals surface area contributed by atoms with E-state index < -0.39 is 5.60 Å². The topological polar surface area (TPSA) is 20.2 Å². The van der Waals surface area contributed by atoms with Crippen molar-refractivity contribution in [2.45, 2.75) is 47.1 Å². The maximum atomic E-state index is 9.71. The summed E-state index contributed by atoms with van der Waals surface area (Å²) in [5.74, 6) is 0. The van der Waals surface area contributed by atoms with Gasteiger partial charge < -0.3 is 5.11 Å². The summed E-state index contributed by atoms with van der Waals surface area (Å²) in [7, 11) is 0. The average Bonchev–Trinajstić information content (AvgIpc) is 2.13. The molecule has 0 radical (unpaired) electrons. The fraction of sp³-hybridized carbons (Fsp3) is 0.467. The molecular formula is C15H22O. The lowest BCUT2D eigenvalue weighted by Crippen LogP contribution is -2.13. The Hall–Kier alpha value is -1.08. The first kappa shape index (κ1) is 13.0. The van der Waals surface area contributed by atoms with E-state index in [9.17, 15) is 5.11 Å². The van der Waals surface area contributed by atoms with Gasteiger partial charge in [-0.15, -0.1) is 0 Å². The molecule has 1 rings (SSSR count). The fourth-order valence-corrected chi connectivity index (χ4v) is 1.78. The summed E-state index contributed by atoms with van der Waals surface area (Å²) in [5, 5.41) is 9.71. The Morgan fingerprint density at radius 2 is 1.44 bits per heavy atom. The first-order chi connectivity index (χ1) is 7.22. The van der Waals surface area contributed by atoms with Gasteiger partial charge in [0.05, 0.1) is 5.60 Å². The molecule has 0 aliphatic heterocycles. The summed E-state index contributed by atoms with van der Waals surface area (Å²) in [6.07, 6.45) is 3.88. The standard InChI is InChI=1S/C15H22O/c1-10-9-11(2)13(4)14(12(10)3)7-8-15(5,6)16/h7-9,16H,1-6H3/b8-7-. The Balaban J connectivity index is 3.28. The molecule has 0 amide bonds. The number of hydrogen-bond acceptors (Lipinski definition) is 1. The zero-order chi connectivity index (χ0) is 12.5. The van der Waals surface area contributed by atoms with Crippen LogP contribution in [0.25, 0.3) is 6.08 Å². The molecule has 0 saturated carbocycles. The fourth-order valence-electron chi connectivity index (χ4n) is 1.78. The SMILES string of the molecule is Cc1cc(C)c(C)c(/C=C\C(C)(C)O)c1C. The summed E-state index contributed by atoms with van der Waals surface area (Å²) >= 11 is 0. The molecule has 0 fully saturated rings. The van der Waals surface area contributed by atoms with Gasteiger partial charge in [-0.25, -0.2) is 0 Å². The highest BCUT2D eigenvalue weighted by molar-refractivity contribution is 5.62. The van der Waals surface area contributed by atoms with Gasteiger partial charge >= 0.3 is 0 Å². The van der Waals surface area contributed by atoms with Crippen LogP contribution < -0.4 is 0 Å². The quantitative estimate of drug-likeness (QED) is 0.802. The van der Waals surface area contributed by atoms with Gasteiger partial charge in [0.15, 0.2) is 0 Å². The highest BCUT2D eigenvalue weighted by Crippen LogP contribution is 2.23. The Bertz CT molecular complexity index is 394. The van der Waals surface area contributed by atoms with Crippen molar-refractivity contribution in [2.24, 2.45) is 0 Å². The third kappa shape index (κ3) is 2.96. The van der Waals surface area contributed by atoms with Crippen LogP contribution in [-0.4, -0.2) is 10.7 Å². The van der Waals surface area contributed by atoms with Gasteiger partial charge in [-0.05, 0) is 69.4 Å². The predicted molar refractivity (Wildman–Crippen MR) is 70.7 cm³/mol. The first-order valence-corrected chi connectivity index (χ1v) is 5.71. The molecular weight excluding hydrogens is 196 g/mol. The van der Waals surface area contributed by atoms with E-state index in [1.807, 2.05) is 12.2 Å². The van der Waals surface area contributed by atoms with Crippen molar-refractivity contribution in [1.29, 1.82) is 0 Å². The van der Waals surface area contributed by atoms with E-state index >= 15 is 0 Å². The summed E-state index contributed by atoms with van der Waals surface area (Å²) in [5.41, 5.74) is 5.68. The lowest BCUT2D eigenvalue weighted by atomic mass is 9.93.